The summed E-state index contributed by atoms with van der Waals surface area (Å²) in [5.41, 5.74) is 11.8. The normalized spacial score (nSPS) is 23.0. The maximum absolute atomic E-state index is 13.8. The lowest BCUT2D eigenvalue weighted by atomic mass is 9.73. The SMILES string of the molecule is CNC(C(=O)N1CC(C)CC1c1ncc(-c2ccc(-c3ccc(-c4ccc5nc([C@@H]6CCCN6C(=O)[C@@H](NC(=O)OC)C(C)C)[nH]c5c4)c4c3C3CCC3C4)cc2)[nH]1)C(C)C. The van der Waals surface area contributed by atoms with Gasteiger partial charge in [-0.3, -0.25) is 9.59 Å². The lowest BCUT2D eigenvalue weighted by molar-refractivity contribution is -0.136. The van der Waals surface area contributed by atoms with Crippen LogP contribution in [-0.4, -0.2) is 87.0 Å². The molecule has 0 spiro atoms. The Morgan fingerprint density at radius 2 is 1.54 bits per heavy atom. The predicted octanol–water partition coefficient (Wildman–Crippen LogP) is 8.53. The molecule has 7 atom stereocenters. The average molecular weight is 825 g/mol. The first-order valence-corrected chi connectivity index (χ1v) is 22.4. The molecule has 4 N–H and O–H groups in total. The Morgan fingerprint density at radius 1 is 0.820 bits per heavy atom. The fraction of sp³-hybridized carbons (Fsp3) is 0.490. The molecule has 0 radical (unpaired) electrons. The number of carbonyl (C=O) groups excluding carboxylic acids is 3. The zero-order valence-electron chi connectivity index (χ0n) is 36.5. The van der Waals surface area contributed by atoms with Crippen molar-refractivity contribution in [2.45, 2.75) is 103 Å². The standard InChI is InChI=1S/C49H60N8O4/c1-26(2)43(50-6)47(58)57-25-28(5)21-41(57)45-51-24-39(54-45)30-12-10-29(11-13-30)34-18-17-33(36-22-31-14-16-35(31)42(34)36)32-15-19-37-38(23-32)53-46(52-37)40-9-8-20-56(40)48(59)44(27(3)4)55-49(60)61-7/h10-13,15,17-19,23-24,26-28,31,35,40-41,43-44,50H,8-9,14,16,20-22,25H2,1-7H3,(H,51,54)(H,52,53)(H,55,60)/t28?,31?,35?,40-,41?,43?,44-/m0/s1. The van der Waals surface area contributed by atoms with Gasteiger partial charge in [-0.05, 0) is 126 Å². The van der Waals surface area contributed by atoms with Crippen molar-refractivity contribution < 1.29 is 19.1 Å². The van der Waals surface area contributed by atoms with Crippen LogP contribution in [0.3, 0.4) is 0 Å². The summed E-state index contributed by atoms with van der Waals surface area (Å²) in [6.07, 6.45) is 7.45. The quantitative estimate of drug-likeness (QED) is 0.104. The number of fused-ring (bicyclic) bond motifs is 4. The second-order valence-electron chi connectivity index (χ2n) is 18.7. The lowest BCUT2D eigenvalue weighted by Crippen LogP contribution is -2.51. The maximum atomic E-state index is 13.8. The summed E-state index contributed by atoms with van der Waals surface area (Å²) >= 11 is 0. The van der Waals surface area contributed by atoms with Gasteiger partial charge in [-0.25, -0.2) is 14.8 Å². The Balaban J connectivity index is 0.961. The van der Waals surface area contributed by atoms with Gasteiger partial charge in [0.2, 0.25) is 11.8 Å². The Labute approximate surface area is 358 Å². The number of likely N-dealkylation sites (N-methyl/N-ethyl adjacent to an activating group) is 1. The van der Waals surface area contributed by atoms with E-state index in [2.05, 4.69) is 96.0 Å². The fourth-order valence-corrected chi connectivity index (χ4v) is 10.8. The summed E-state index contributed by atoms with van der Waals surface area (Å²) in [5, 5.41) is 5.98. The predicted molar refractivity (Wildman–Crippen MR) is 237 cm³/mol. The minimum atomic E-state index is -0.676. The highest BCUT2D eigenvalue weighted by molar-refractivity contribution is 5.88. The van der Waals surface area contributed by atoms with Crippen molar-refractivity contribution in [2.24, 2.45) is 23.7 Å². The third kappa shape index (κ3) is 7.40. The highest BCUT2D eigenvalue weighted by Gasteiger charge is 2.43. The summed E-state index contributed by atoms with van der Waals surface area (Å²) in [6, 6.07) is 18.8. The van der Waals surface area contributed by atoms with E-state index in [1.54, 1.807) is 0 Å². The Kier molecular flexibility index (Phi) is 11.0. The molecule has 61 heavy (non-hydrogen) atoms. The molecule has 12 nitrogen and oxygen atoms in total. The van der Waals surface area contributed by atoms with E-state index in [9.17, 15) is 14.4 Å². The van der Waals surface area contributed by atoms with Gasteiger partial charge in [0.25, 0.3) is 0 Å². The van der Waals surface area contributed by atoms with Crippen molar-refractivity contribution in [1.82, 2.24) is 40.4 Å². The van der Waals surface area contributed by atoms with E-state index in [4.69, 9.17) is 14.7 Å². The van der Waals surface area contributed by atoms with Gasteiger partial charge >= 0.3 is 6.09 Å². The van der Waals surface area contributed by atoms with E-state index in [1.807, 2.05) is 36.9 Å². The lowest BCUT2D eigenvalue weighted by Gasteiger charge is -2.31. The largest absolute Gasteiger partial charge is 0.453 e. The van der Waals surface area contributed by atoms with Crippen LogP contribution >= 0.6 is 0 Å². The first-order valence-electron chi connectivity index (χ1n) is 22.4. The van der Waals surface area contributed by atoms with Crippen LogP contribution in [-0.2, 0) is 20.7 Å². The Hall–Kier alpha value is -5.49. The second-order valence-corrected chi connectivity index (χ2v) is 18.7. The first kappa shape index (κ1) is 40.9. The number of methoxy groups -OCH3 is 1. The van der Waals surface area contributed by atoms with Crippen molar-refractivity contribution >= 4 is 28.9 Å². The molecule has 12 heteroatoms. The number of alkyl carbamates (subject to hydrolysis) is 1. The van der Waals surface area contributed by atoms with Crippen LogP contribution in [0.4, 0.5) is 4.79 Å². The molecule has 4 aliphatic rings. The van der Waals surface area contributed by atoms with Crippen molar-refractivity contribution in [2.75, 3.05) is 27.2 Å². The number of imidazole rings is 2. The number of amides is 3. The smallest absolute Gasteiger partial charge is 0.407 e. The third-order valence-electron chi connectivity index (χ3n) is 14.1. The summed E-state index contributed by atoms with van der Waals surface area (Å²) in [5.74, 6) is 3.44. The second kappa shape index (κ2) is 16.4. The molecule has 3 fully saturated rings. The van der Waals surface area contributed by atoms with Crippen LogP contribution in [0.2, 0.25) is 0 Å². The molecular weight excluding hydrogens is 765 g/mol. The molecule has 2 saturated heterocycles. The molecule has 9 rings (SSSR count). The minimum Gasteiger partial charge on any atom is -0.453 e. The van der Waals surface area contributed by atoms with Gasteiger partial charge in [0.1, 0.15) is 17.7 Å². The van der Waals surface area contributed by atoms with Crippen molar-refractivity contribution in [1.29, 1.82) is 0 Å². The summed E-state index contributed by atoms with van der Waals surface area (Å²) in [7, 11) is 3.18. The van der Waals surface area contributed by atoms with E-state index in [0.717, 1.165) is 66.2 Å². The molecule has 5 aromatic rings. The van der Waals surface area contributed by atoms with E-state index < -0.39 is 12.1 Å². The molecule has 1 saturated carbocycles. The minimum absolute atomic E-state index is 0.0631. The molecule has 2 aliphatic heterocycles. The number of nitrogens with one attached hydrogen (secondary N) is 4. The molecule has 5 unspecified atom stereocenters. The Bertz CT molecular complexity index is 2450. The number of rotatable bonds is 11. The van der Waals surface area contributed by atoms with Gasteiger partial charge in [-0.2, -0.15) is 0 Å². The molecular formula is C49H60N8O4. The molecule has 2 aliphatic carbocycles. The molecule has 0 bridgehead atoms. The Morgan fingerprint density at radius 3 is 2.25 bits per heavy atom. The average Bonchev–Trinajstić information content (AvgIpc) is 4.09. The van der Waals surface area contributed by atoms with Crippen LogP contribution in [0, 0.1) is 23.7 Å². The fourth-order valence-electron chi connectivity index (χ4n) is 10.8. The van der Waals surface area contributed by atoms with Crippen LogP contribution in [0.1, 0.15) is 108 Å². The van der Waals surface area contributed by atoms with E-state index in [-0.39, 0.29) is 41.8 Å². The van der Waals surface area contributed by atoms with Crippen LogP contribution in [0.5, 0.6) is 0 Å². The zero-order chi connectivity index (χ0) is 42.7. The van der Waals surface area contributed by atoms with E-state index in [1.165, 1.54) is 53.3 Å². The highest BCUT2D eigenvalue weighted by atomic mass is 16.5. The number of nitrogens with zero attached hydrogens (tertiary/aromatic N) is 4. The molecule has 3 amide bonds. The van der Waals surface area contributed by atoms with Gasteiger partial charge in [0.05, 0.1) is 48.2 Å². The third-order valence-corrected chi connectivity index (χ3v) is 14.1. The number of carbonyl (C=O) groups is 3. The van der Waals surface area contributed by atoms with Gasteiger partial charge < -0.3 is 35.1 Å². The number of benzene rings is 3. The number of likely N-dealkylation sites (tertiary alicyclic amines) is 2. The molecule has 2 aromatic heterocycles. The zero-order valence-corrected chi connectivity index (χ0v) is 36.5. The monoisotopic (exact) mass is 824 g/mol. The maximum Gasteiger partial charge on any atom is 0.407 e. The number of aromatic amines is 2. The summed E-state index contributed by atoms with van der Waals surface area (Å²) in [6.45, 7) is 11.6. The van der Waals surface area contributed by atoms with Gasteiger partial charge in [0, 0.05) is 13.1 Å². The summed E-state index contributed by atoms with van der Waals surface area (Å²) < 4.78 is 4.82. The highest BCUT2D eigenvalue weighted by Crippen LogP contribution is 2.56. The van der Waals surface area contributed by atoms with Gasteiger partial charge in [-0.1, -0.05) is 77.1 Å². The molecule has 4 heterocycles. The number of H-pyrrole nitrogens is 2. The van der Waals surface area contributed by atoms with Crippen molar-refractivity contribution in [3.8, 4) is 33.5 Å². The number of ether oxygens (including phenoxy) is 1. The van der Waals surface area contributed by atoms with Gasteiger partial charge in [0.15, 0.2) is 0 Å². The topological polar surface area (TPSA) is 148 Å². The molecule has 320 valence electrons. The summed E-state index contributed by atoms with van der Waals surface area (Å²) in [4.78, 5) is 60.4. The van der Waals surface area contributed by atoms with E-state index >= 15 is 0 Å². The first-order chi connectivity index (χ1) is 29.4. The van der Waals surface area contributed by atoms with Crippen molar-refractivity contribution in [3.63, 3.8) is 0 Å². The number of hydrogen-bond donors (Lipinski definition) is 4. The van der Waals surface area contributed by atoms with Crippen LogP contribution in [0.15, 0.2) is 60.8 Å². The van der Waals surface area contributed by atoms with Crippen molar-refractivity contribution in [3.05, 3.63) is 83.6 Å². The van der Waals surface area contributed by atoms with Crippen LogP contribution < -0.4 is 10.6 Å². The van der Waals surface area contributed by atoms with Gasteiger partial charge in [-0.15, -0.1) is 0 Å². The number of hydrogen-bond acceptors (Lipinski definition) is 7. The van der Waals surface area contributed by atoms with Crippen LogP contribution in [0.25, 0.3) is 44.5 Å². The molecule has 3 aromatic carbocycles. The number of aromatic nitrogens is 4. The van der Waals surface area contributed by atoms with E-state index in [0.29, 0.717) is 24.3 Å².